The first-order valence-electron chi connectivity index (χ1n) is 4.72. The average molecular weight is 269 g/mol. The largest absolute Gasteiger partial charge is 0.336 e. The highest BCUT2D eigenvalue weighted by Gasteiger charge is 2.14. The maximum atomic E-state index is 12.0. The summed E-state index contributed by atoms with van der Waals surface area (Å²) in [7, 11) is 1.82. The Hall–Kier alpha value is -0.780. The van der Waals surface area contributed by atoms with Gasteiger partial charge in [0.2, 0.25) is 0 Å². The van der Waals surface area contributed by atoms with Gasteiger partial charge in [0.05, 0.1) is 11.4 Å². The molecule has 1 amide bonds. The zero-order valence-corrected chi connectivity index (χ0v) is 11.2. The van der Waals surface area contributed by atoms with Crippen molar-refractivity contribution in [2.45, 2.75) is 11.4 Å². The lowest BCUT2D eigenvalue weighted by Crippen LogP contribution is -2.24. The van der Waals surface area contributed by atoms with Crippen molar-refractivity contribution in [3.8, 4) is 0 Å². The second kappa shape index (κ2) is 5.03. The van der Waals surface area contributed by atoms with Crippen LogP contribution in [0.4, 0.5) is 0 Å². The van der Waals surface area contributed by atoms with Crippen LogP contribution >= 0.6 is 35.3 Å². The minimum absolute atomic E-state index is 0.0544. The van der Waals surface area contributed by atoms with Gasteiger partial charge in [-0.15, -0.1) is 35.3 Å². The van der Waals surface area contributed by atoms with Gasteiger partial charge < -0.3 is 4.90 Å². The van der Waals surface area contributed by atoms with E-state index in [4.69, 9.17) is 0 Å². The summed E-state index contributed by atoms with van der Waals surface area (Å²) in [6.07, 6.45) is 0. The molecule has 2 aromatic rings. The maximum Gasteiger partial charge on any atom is 0.264 e. The molecule has 0 unspecified atom stereocenters. The molecule has 0 radical (unpaired) electrons. The van der Waals surface area contributed by atoms with Gasteiger partial charge in [0.25, 0.3) is 5.91 Å². The van der Waals surface area contributed by atoms with E-state index in [-0.39, 0.29) is 5.91 Å². The summed E-state index contributed by atoms with van der Waals surface area (Å²) in [5, 5.41) is 3.89. The van der Waals surface area contributed by atoms with E-state index in [0.717, 1.165) is 9.77 Å². The van der Waals surface area contributed by atoms with Gasteiger partial charge in [0.15, 0.2) is 0 Å². The SMILES string of the molecule is CN(Cc1cccs1)C(=O)c1cc(S)cs1. The monoisotopic (exact) mass is 269 g/mol. The zero-order valence-electron chi connectivity index (χ0n) is 8.71. The van der Waals surface area contributed by atoms with Gasteiger partial charge in [0.1, 0.15) is 0 Å². The van der Waals surface area contributed by atoms with Crippen LogP contribution in [0.1, 0.15) is 14.5 Å². The summed E-state index contributed by atoms with van der Waals surface area (Å²) >= 11 is 7.30. The number of carbonyl (C=O) groups is 1. The van der Waals surface area contributed by atoms with Crippen molar-refractivity contribution in [2.75, 3.05) is 7.05 Å². The molecule has 0 atom stereocenters. The molecule has 0 aliphatic rings. The Morgan fingerprint density at radius 2 is 2.31 bits per heavy atom. The molecule has 16 heavy (non-hydrogen) atoms. The average Bonchev–Trinajstić information content (AvgIpc) is 2.88. The molecule has 0 saturated carbocycles. The fraction of sp³-hybridized carbons (Fsp3) is 0.182. The number of thiol groups is 1. The van der Waals surface area contributed by atoms with Gasteiger partial charge in [-0.2, -0.15) is 0 Å². The summed E-state index contributed by atoms with van der Waals surface area (Å²) in [5.74, 6) is 0.0544. The van der Waals surface area contributed by atoms with E-state index in [0.29, 0.717) is 6.54 Å². The molecule has 5 heteroatoms. The third-order valence-electron chi connectivity index (χ3n) is 2.12. The number of hydrogen-bond acceptors (Lipinski definition) is 4. The Labute approximate surface area is 108 Å². The van der Waals surface area contributed by atoms with Gasteiger partial charge in [-0.1, -0.05) is 6.07 Å². The predicted octanol–water partition coefficient (Wildman–Crippen LogP) is 3.37. The van der Waals surface area contributed by atoms with Crippen molar-refractivity contribution >= 4 is 41.2 Å². The smallest absolute Gasteiger partial charge is 0.264 e. The van der Waals surface area contributed by atoms with E-state index in [1.54, 1.807) is 22.3 Å². The zero-order chi connectivity index (χ0) is 11.5. The highest BCUT2D eigenvalue weighted by Crippen LogP contribution is 2.20. The molecule has 0 spiro atoms. The van der Waals surface area contributed by atoms with E-state index in [1.165, 1.54) is 16.2 Å². The van der Waals surface area contributed by atoms with Crippen LogP contribution in [-0.4, -0.2) is 17.9 Å². The van der Waals surface area contributed by atoms with Crippen LogP contribution in [0.15, 0.2) is 33.9 Å². The standard InChI is InChI=1S/C11H11NOS3/c1-12(6-9-3-2-4-15-9)11(13)10-5-8(14)7-16-10/h2-5,7,14H,6H2,1H3. The topological polar surface area (TPSA) is 20.3 Å². The molecular formula is C11H11NOS3. The van der Waals surface area contributed by atoms with E-state index in [2.05, 4.69) is 12.6 Å². The van der Waals surface area contributed by atoms with Crippen LogP contribution in [0.2, 0.25) is 0 Å². The first-order chi connectivity index (χ1) is 7.66. The number of nitrogens with zero attached hydrogens (tertiary/aromatic N) is 1. The van der Waals surface area contributed by atoms with Crippen molar-refractivity contribution in [1.29, 1.82) is 0 Å². The molecule has 0 aliphatic carbocycles. The molecular weight excluding hydrogens is 258 g/mol. The molecule has 0 aliphatic heterocycles. The van der Waals surface area contributed by atoms with Crippen molar-refractivity contribution in [3.63, 3.8) is 0 Å². The third kappa shape index (κ3) is 2.66. The van der Waals surface area contributed by atoms with Crippen LogP contribution in [0.5, 0.6) is 0 Å². The van der Waals surface area contributed by atoms with E-state index >= 15 is 0 Å². The van der Waals surface area contributed by atoms with Gasteiger partial charge >= 0.3 is 0 Å². The van der Waals surface area contributed by atoms with Crippen LogP contribution < -0.4 is 0 Å². The number of thiophene rings is 2. The lowest BCUT2D eigenvalue weighted by molar-refractivity contribution is 0.0791. The molecule has 0 aromatic carbocycles. The quantitative estimate of drug-likeness (QED) is 0.847. The fourth-order valence-electron chi connectivity index (χ4n) is 1.33. The molecule has 2 heterocycles. The lowest BCUT2D eigenvalue weighted by atomic mass is 10.4. The molecule has 0 bridgehead atoms. The van der Waals surface area contributed by atoms with Gasteiger partial charge in [-0.05, 0) is 17.5 Å². The molecule has 0 saturated heterocycles. The lowest BCUT2D eigenvalue weighted by Gasteiger charge is -2.14. The number of carbonyl (C=O) groups excluding carboxylic acids is 1. The fourth-order valence-corrected chi connectivity index (χ4v) is 3.23. The predicted molar refractivity (Wildman–Crippen MR) is 71.7 cm³/mol. The minimum Gasteiger partial charge on any atom is -0.336 e. The van der Waals surface area contributed by atoms with E-state index < -0.39 is 0 Å². The Morgan fingerprint density at radius 3 is 2.88 bits per heavy atom. The first kappa shape index (κ1) is 11.7. The molecule has 2 aromatic heterocycles. The minimum atomic E-state index is 0.0544. The van der Waals surface area contributed by atoms with Crippen LogP contribution in [0, 0.1) is 0 Å². The van der Waals surface area contributed by atoms with E-state index in [1.807, 2.05) is 29.9 Å². The summed E-state index contributed by atoms with van der Waals surface area (Å²) in [4.78, 5) is 16.5. The summed E-state index contributed by atoms with van der Waals surface area (Å²) in [6.45, 7) is 0.663. The van der Waals surface area contributed by atoms with Crippen molar-refractivity contribution in [2.24, 2.45) is 0 Å². The summed E-state index contributed by atoms with van der Waals surface area (Å²) in [6, 6.07) is 5.84. The second-order valence-corrected chi connectivity index (χ2v) is 5.87. The number of hydrogen-bond donors (Lipinski definition) is 1. The van der Waals surface area contributed by atoms with Gasteiger partial charge in [0, 0.05) is 22.2 Å². The Kier molecular flexibility index (Phi) is 3.68. The number of amides is 1. The third-order valence-corrected chi connectivity index (χ3v) is 4.33. The second-order valence-electron chi connectivity index (χ2n) is 3.41. The Bertz CT molecular complexity index is 475. The molecule has 0 fully saturated rings. The van der Waals surface area contributed by atoms with Gasteiger partial charge in [-0.25, -0.2) is 0 Å². The van der Waals surface area contributed by atoms with Crippen molar-refractivity contribution in [3.05, 3.63) is 38.7 Å². The molecule has 2 nitrogen and oxygen atoms in total. The number of rotatable bonds is 3. The van der Waals surface area contributed by atoms with Crippen molar-refractivity contribution in [1.82, 2.24) is 4.90 Å². The normalized spacial score (nSPS) is 10.4. The molecule has 2 rings (SSSR count). The van der Waals surface area contributed by atoms with E-state index in [9.17, 15) is 4.79 Å². The van der Waals surface area contributed by atoms with Crippen LogP contribution in [0.3, 0.4) is 0 Å². The first-order valence-corrected chi connectivity index (χ1v) is 6.93. The van der Waals surface area contributed by atoms with Crippen LogP contribution in [-0.2, 0) is 6.54 Å². The molecule has 0 N–H and O–H groups in total. The maximum absolute atomic E-state index is 12.0. The van der Waals surface area contributed by atoms with Crippen LogP contribution in [0.25, 0.3) is 0 Å². The highest BCUT2D eigenvalue weighted by molar-refractivity contribution is 7.80. The molecule has 84 valence electrons. The Morgan fingerprint density at radius 1 is 1.50 bits per heavy atom. The van der Waals surface area contributed by atoms with Crippen molar-refractivity contribution < 1.29 is 4.79 Å². The van der Waals surface area contributed by atoms with Gasteiger partial charge in [-0.3, -0.25) is 4.79 Å². The summed E-state index contributed by atoms with van der Waals surface area (Å²) in [5.41, 5.74) is 0. The highest BCUT2D eigenvalue weighted by atomic mass is 32.1. The summed E-state index contributed by atoms with van der Waals surface area (Å²) < 4.78 is 0. The Balaban J connectivity index is 2.05.